The van der Waals surface area contributed by atoms with Gasteiger partial charge < -0.3 is 5.11 Å². The molecule has 0 aromatic rings. The predicted octanol–water partition coefficient (Wildman–Crippen LogP) is 1.77. The molecule has 2 aliphatic rings. The fourth-order valence-corrected chi connectivity index (χ4v) is 2.95. The molecule has 2 bridgehead atoms. The van der Waals surface area contributed by atoms with E-state index in [1.165, 1.54) is 6.42 Å². The van der Waals surface area contributed by atoms with Crippen LogP contribution in [-0.4, -0.2) is 16.6 Å². The molecule has 0 aliphatic heterocycles. The Labute approximate surface area is 66.4 Å². The molecule has 10 heavy (non-hydrogen) atoms. The van der Waals surface area contributed by atoms with Crippen LogP contribution in [0.2, 0.25) is 0 Å². The van der Waals surface area contributed by atoms with Gasteiger partial charge in [-0.2, -0.15) is 0 Å². The molecule has 0 aromatic carbocycles. The normalized spacial score (nSPS) is 59.7. The van der Waals surface area contributed by atoms with Gasteiger partial charge in [-0.05, 0) is 25.2 Å². The molecule has 0 heterocycles. The van der Waals surface area contributed by atoms with E-state index < -0.39 is 0 Å². The maximum absolute atomic E-state index is 9.56. The van der Waals surface area contributed by atoms with Crippen molar-refractivity contribution in [2.75, 3.05) is 0 Å². The summed E-state index contributed by atoms with van der Waals surface area (Å²) >= 11 is 6.15. The van der Waals surface area contributed by atoms with Gasteiger partial charge in [0.2, 0.25) is 0 Å². The van der Waals surface area contributed by atoms with Crippen molar-refractivity contribution < 1.29 is 5.11 Å². The van der Waals surface area contributed by atoms with Crippen molar-refractivity contribution in [3.8, 4) is 0 Å². The Kier molecular flexibility index (Phi) is 1.31. The Morgan fingerprint density at radius 1 is 1.60 bits per heavy atom. The van der Waals surface area contributed by atoms with Gasteiger partial charge in [0, 0.05) is 10.8 Å². The maximum atomic E-state index is 9.56. The lowest BCUT2D eigenvalue weighted by Crippen LogP contribution is -2.30. The van der Waals surface area contributed by atoms with Crippen LogP contribution in [0.15, 0.2) is 0 Å². The molecule has 1 N–H and O–H groups in total. The summed E-state index contributed by atoms with van der Waals surface area (Å²) in [5, 5.41) is 9.80. The molecule has 2 fully saturated rings. The van der Waals surface area contributed by atoms with E-state index in [1.54, 1.807) is 0 Å². The molecule has 1 nitrogen and oxygen atoms in total. The number of hydrogen-bond acceptors (Lipinski definition) is 1. The monoisotopic (exact) mass is 160 g/mol. The molecule has 0 radical (unpaired) electrons. The van der Waals surface area contributed by atoms with Crippen LogP contribution in [0.4, 0.5) is 0 Å². The molecule has 0 spiro atoms. The summed E-state index contributed by atoms with van der Waals surface area (Å²) in [6, 6.07) is 0. The van der Waals surface area contributed by atoms with Crippen molar-refractivity contribution >= 4 is 11.6 Å². The van der Waals surface area contributed by atoms with E-state index in [-0.39, 0.29) is 16.9 Å². The second kappa shape index (κ2) is 1.89. The molecule has 58 valence electrons. The molecule has 2 aliphatic carbocycles. The first kappa shape index (κ1) is 6.93. The van der Waals surface area contributed by atoms with Crippen molar-refractivity contribution in [1.82, 2.24) is 0 Å². The Balaban J connectivity index is 2.29. The van der Waals surface area contributed by atoms with Gasteiger partial charge in [-0.1, -0.05) is 6.92 Å². The first-order valence-corrected chi connectivity index (χ1v) is 4.40. The van der Waals surface area contributed by atoms with Crippen LogP contribution in [-0.2, 0) is 0 Å². The summed E-state index contributed by atoms with van der Waals surface area (Å²) in [6.45, 7) is 2.11. The summed E-state index contributed by atoms with van der Waals surface area (Å²) in [4.78, 5) is 0. The van der Waals surface area contributed by atoms with Gasteiger partial charge in [0.1, 0.15) is 0 Å². The molecule has 2 saturated carbocycles. The lowest BCUT2D eigenvalue weighted by atomic mass is 9.84. The van der Waals surface area contributed by atoms with Crippen LogP contribution in [0, 0.1) is 11.3 Å². The number of halogens is 1. The third kappa shape index (κ3) is 0.629. The van der Waals surface area contributed by atoms with Crippen molar-refractivity contribution in [1.29, 1.82) is 0 Å². The molecule has 1 unspecified atom stereocenters. The van der Waals surface area contributed by atoms with Crippen LogP contribution < -0.4 is 0 Å². The number of hydrogen-bond donors (Lipinski definition) is 1. The second-order valence-electron chi connectivity index (χ2n) is 3.96. The predicted molar refractivity (Wildman–Crippen MR) is 41.1 cm³/mol. The number of alkyl halides is 1. The van der Waals surface area contributed by atoms with Gasteiger partial charge >= 0.3 is 0 Å². The van der Waals surface area contributed by atoms with E-state index in [0.29, 0.717) is 5.92 Å². The summed E-state index contributed by atoms with van der Waals surface area (Å²) in [5.41, 5.74) is 0.0478. The molecular weight excluding hydrogens is 148 g/mol. The average molecular weight is 161 g/mol. The largest absolute Gasteiger partial charge is 0.392 e. The maximum Gasteiger partial charge on any atom is 0.0611 e. The molecule has 0 aromatic heterocycles. The standard InChI is InChI=1S/C8H13ClO/c1-8-3-2-5(7(8)9)4-6(8)10/h5-7,10H,2-4H2,1H3/t5-,6-,7?,8+/m0/s1. The zero-order valence-corrected chi connectivity index (χ0v) is 6.93. The Morgan fingerprint density at radius 3 is 2.50 bits per heavy atom. The number of fused-ring (bicyclic) bond motifs is 2. The van der Waals surface area contributed by atoms with Crippen molar-refractivity contribution in [2.24, 2.45) is 11.3 Å². The third-order valence-electron chi connectivity index (χ3n) is 3.38. The highest BCUT2D eigenvalue weighted by atomic mass is 35.5. The number of aliphatic hydroxyl groups is 1. The van der Waals surface area contributed by atoms with Gasteiger partial charge in [-0.3, -0.25) is 0 Å². The van der Waals surface area contributed by atoms with E-state index in [4.69, 9.17) is 11.6 Å². The first-order chi connectivity index (χ1) is 4.64. The summed E-state index contributed by atoms with van der Waals surface area (Å²) in [6.07, 6.45) is 3.15. The van der Waals surface area contributed by atoms with E-state index in [0.717, 1.165) is 12.8 Å². The van der Waals surface area contributed by atoms with E-state index in [9.17, 15) is 5.11 Å². The summed E-state index contributed by atoms with van der Waals surface area (Å²) < 4.78 is 0. The van der Waals surface area contributed by atoms with E-state index >= 15 is 0 Å². The van der Waals surface area contributed by atoms with Crippen molar-refractivity contribution in [3.05, 3.63) is 0 Å². The van der Waals surface area contributed by atoms with Crippen molar-refractivity contribution in [2.45, 2.75) is 37.7 Å². The highest BCUT2D eigenvalue weighted by molar-refractivity contribution is 6.21. The minimum Gasteiger partial charge on any atom is -0.392 e. The highest BCUT2D eigenvalue weighted by Crippen LogP contribution is 2.56. The zero-order chi connectivity index (χ0) is 7.35. The minimum absolute atomic E-state index is 0.0478. The lowest BCUT2D eigenvalue weighted by Gasteiger charge is -2.27. The van der Waals surface area contributed by atoms with Crippen molar-refractivity contribution in [3.63, 3.8) is 0 Å². The smallest absolute Gasteiger partial charge is 0.0611 e. The zero-order valence-electron chi connectivity index (χ0n) is 6.18. The Morgan fingerprint density at radius 2 is 2.30 bits per heavy atom. The molecule has 0 amide bonds. The topological polar surface area (TPSA) is 20.2 Å². The lowest BCUT2D eigenvalue weighted by molar-refractivity contribution is 0.0542. The second-order valence-corrected chi connectivity index (χ2v) is 4.43. The van der Waals surface area contributed by atoms with Crippen LogP contribution >= 0.6 is 11.6 Å². The summed E-state index contributed by atoms with van der Waals surface area (Å²) in [7, 11) is 0. The number of aliphatic hydroxyl groups excluding tert-OH is 1. The quantitative estimate of drug-likeness (QED) is 0.536. The fourth-order valence-electron chi connectivity index (χ4n) is 2.46. The third-order valence-corrected chi connectivity index (χ3v) is 4.24. The van der Waals surface area contributed by atoms with E-state index in [1.807, 2.05) is 0 Å². The van der Waals surface area contributed by atoms with Gasteiger partial charge in [0.05, 0.1) is 6.10 Å². The van der Waals surface area contributed by atoms with Gasteiger partial charge in [0.25, 0.3) is 0 Å². The van der Waals surface area contributed by atoms with Gasteiger partial charge in [-0.15, -0.1) is 11.6 Å². The molecule has 0 saturated heterocycles. The Bertz CT molecular complexity index is 159. The summed E-state index contributed by atoms with van der Waals surface area (Å²) in [5.74, 6) is 0.599. The van der Waals surface area contributed by atoms with Gasteiger partial charge in [0.15, 0.2) is 0 Å². The van der Waals surface area contributed by atoms with Gasteiger partial charge in [-0.25, -0.2) is 0 Å². The van der Waals surface area contributed by atoms with Crippen LogP contribution in [0.5, 0.6) is 0 Å². The first-order valence-electron chi connectivity index (χ1n) is 3.97. The molecule has 2 rings (SSSR count). The minimum atomic E-state index is -0.131. The molecule has 2 heteroatoms. The average Bonchev–Trinajstić information content (AvgIpc) is 2.25. The number of rotatable bonds is 0. The fraction of sp³-hybridized carbons (Fsp3) is 1.00. The SMILES string of the molecule is C[C@@]12CC[C@@H](C[C@@H]1O)C2Cl. The molecular formula is C8H13ClO. The van der Waals surface area contributed by atoms with E-state index in [2.05, 4.69) is 6.92 Å². The van der Waals surface area contributed by atoms with Crippen LogP contribution in [0.25, 0.3) is 0 Å². The Hall–Kier alpha value is 0.250. The van der Waals surface area contributed by atoms with Crippen LogP contribution in [0.1, 0.15) is 26.2 Å². The van der Waals surface area contributed by atoms with Crippen LogP contribution in [0.3, 0.4) is 0 Å². The highest BCUT2D eigenvalue weighted by Gasteiger charge is 2.55. The molecule has 4 atom stereocenters.